The molecule has 3 aromatic rings. The maximum atomic E-state index is 13.3. The summed E-state index contributed by atoms with van der Waals surface area (Å²) >= 11 is 12.5. The van der Waals surface area contributed by atoms with E-state index in [9.17, 15) is 4.39 Å². The van der Waals surface area contributed by atoms with E-state index in [0.717, 1.165) is 22.6 Å². The number of ether oxygens (including phenoxy) is 2. The first-order chi connectivity index (χ1) is 13.0. The highest BCUT2D eigenvalue weighted by Gasteiger charge is 2.12. The third-order valence-electron chi connectivity index (χ3n) is 3.93. The van der Waals surface area contributed by atoms with Crippen molar-refractivity contribution in [1.82, 2.24) is 0 Å². The molecule has 27 heavy (non-hydrogen) atoms. The molecule has 3 nitrogen and oxygen atoms in total. The van der Waals surface area contributed by atoms with Gasteiger partial charge in [-0.05, 0) is 54.1 Å². The predicted molar refractivity (Wildman–Crippen MR) is 108 cm³/mol. The van der Waals surface area contributed by atoms with Gasteiger partial charge in [0.2, 0.25) is 0 Å². The summed E-state index contributed by atoms with van der Waals surface area (Å²) in [6.45, 7) is 0.666. The first kappa shape index (κ1) is 19.3. The minimum absolute atomic E-state index is 0.203. The van der Waals surface area contributed by atoms with Crippen LogP contribution in [0.25, 0.3) is 0 Å². The molecule has 0 unspecified atom stereocenters. The molecule has 6 heteroatoms. The van der Waals surface area contributed by atoms with Crippen molar-refractivity contribution in [2.45, 2.75) is 13.2 Å². The highest BCUT2D eigenvalue weighted by molar-refractivity contribution is 6.35. The van der Waals surface area contributed by atoms with E-state index in [-0.39, 0.29) is 12.4 Å². The van der Waals surface area contributed by atoms with Gasteiger partial charge < -0.3 is 14.8 Å². The van der Waals surface area contributed by atoms with Crippen LogP contribution >= 0.6 is 23.2 Å². The van der Waals surface area contributed by atoms with Crippen molar-refractivity contribution in [3.05, 3.63) is 87.7 Å². The van der Waals surface area contributed by atoms with Gasteiger partial charge >= 0.3 is 0 Å². The molecule has 0 aliphatic rings. The normalized spacial score (nSPS) is 10.5. The van der Waals surface area contributed by atoms with E-state index in [1.165, 1.54) is 12.1 Å². The molecule has 3 aromatic carbocycles. The van der Waals surface area contributed by atoms with Crippen LogP contribution < -0.4 is 14.8 Å². The quantitative estimate of drug-likeness (QED) is 0.497. The number of methoxy groups -OCH3 is 1. The molecule has 0 atom stereocenters. The third-order valence-corrected chi connectivity index (χ3v) is 4.43. The Morgan fingerprint density at radius 1 is 1.00 bits per heavy atom. The SMILES string of the molecule is COc1ccc(NCc2cc(Cl)cc(Cl)c2OCc2cccc(F)c2)cc1. The van der Waals surface area contributed by atoms with Crippen LogP contribution in [0.2, 0.25) is 10.0 Å². The van der Waals surface area contributed by atoms with Gasteiger partial charge in [0, 0.05) is 22.8 Å². The molecule has 0 saturated heterocycles. The molecule has 0 saturated carbocycles. The number of halogens is 3. The minimum Gasteiger partial charge on any atom is -0.497 e. The summed E-state index contributed by atoms with van der Waals surface area (Å²) in [5, 5.41) is 4.23. The number of benzene rings is 3. The van der Waals surface area contributed by atoms with Crippen LogP contribution in [0.5, 0.6) is 11.5 Å². The number of hydrogen-bond donors (Lipinski definition) is 1. The fourth-order valence-corrected chi connectivity index (χ4v) is 3.19. The molecule has 0 heterocycles. The largest absolute Gasteiger partial charge is 0.497 e. The van der Waals surface area contributed by atoms with Gasteiger partial charge in [0.15, 0.2) is 0 Å². The minimum atomic E-state index is -0.306. The lowest BCUT2D eigenvalue weighted by atomic mass is 10.2. The zero-order valence-corrected chi connectivity index (χ0v) is 16.1. The van der Waals surface area contributed by atoms with Crippen LogP contribution in [0.3, 0.4) is 0 Å². The maximum Gasteiger partial charge on any atom is 0.143 e. The number of hydrogen-bond acceptors (Lipinski definition) is 3. The standard InChI is InChI=1S/C21H18Cl2FNO2/c1-26-19-7-5-18(6-8-19)25-12-15-10-16(22)11-20(23)21(15)27-13-14-3-2-4-17(24)9-14/h2-11,25H,12-13H2,1H3. The van der Waals surface area contributed by atoms with Gasteiger partial charge in [0.1, 0.15) is 23.9 Å². The fraction of sp³-hybridized carbons (Fsp3) is 0.143. The van der Waals surface area contributed by atoms with Crippen LogP contribution in [0.1, 0.15) is 11.1 Å². The van der Waals surface area contributed by atoms with Crippen LogP contribution in [0.4, 0.5) is 10.1 Å². The highest BCUT2D eigenvalue weighted by atomic mass is 35.5. The van der Waals surface area contributed by atoms with Gasteiger partial charge in [-0.2, -0.15) is 0 Å². The van der Waals surface area contributed by atoms with E-state index < -0.39 is 0 Å². The lowest BCUT2D eigenvalue weighted by Gasteiger charge is -2.15. The maximum absolute atomic E-state index is 13.3. The Labute approximate surface area is 167 Å². The second kappa shape index (κ2) is 8.98. The van der Waals surface area contributed by atoms with Crippen LogP contribution in [-0.2, 0) is 13.2 Å². The van der Waals surface area contributed by atoms with E-state index in [1.54, 1.807) is 31.4 Å². The summed E-state index contributed by atoms with van der Waals surface area (Å²) in [4.78, 5) is 0. The molecule has 3 rings (SSSR count). The predicted octanol–water partition coefficient (Wildman–Crippen LogP) is 6.33. The molecule has 0 spiro atoms. The molecule has 0 aromatic heterocycles. The average molecular weight is 406 g/mol. The second-order valence-electron chi connectivity index (χ2n) is 5.88. The molecule has 0 aliphatic carbocycles. The third kappa shape index (κ3) is 5.28. The van der Waals surface area contributed by atoms with Crippen molar-refractivity contribution in [3.8, 4) is 11.5 Å². The van der Waals surface area contributed by atoms with Gasteiger partial charge in [-0.15, -0.1) is 0 Å². The molecule has 0 fully saturated rings. The van der Waals surface area contributed by atoms with Crippen molar-refractivity contribution in [3.63, 3.8) is 0 Å². The molecular weight excluding hydrogens is 388 g/mol. The van der Waals surface area contributed by atoms with E-state index >= 15 is 0 Å². The number of rotatable bonds is 7. The van der Waals surface area contributed by atoms with Crippen molar-refractivity contribution in [1.29, 1.82) is 0 Å². The Balaban J connectivity index is 1.75. The summed E-state index contributed by atoms with van der Waals surface area (Å²) < 4.78 is 24.4. The Bertz CT molecular complexity index is 917. The van der Waals surface area contributed by atoms with E-state index in [4.69, 9.17) is 32.7 Å². The van der Waals surface area contributed by atoms with Crippen LogP contribution in [0, 0.1) is 5.82 Å². The summed E-state index contributed by atoms with van der Waals surface area (Å²) in [5.41, 5.74) is 2.44. The number of nitrogens with one attached hydrogen (secondary N) is 1. The summed E-state index contributed by atoms with van der Waals surface area (Å²) in [5.74, 6) is 0.997. The van der Waals surface area contributed by atoms with Gasteiger partial charge in [-0.3, -0.25) is 0 Å². The molecule has 140 valence electrons. The summed E-state index contributed by atoms with van der Waals surface area (Å²) in [7, 11) is 1.62. The van der Waals surface area contributed by atoms with Crippen molar-refractivity contribution < 1.29 is 13.9 Å². The Morgan fingerprint density at radius 3 is 2.48 bits per heavy atom. The molecule has 0 amide bonds. The Morgan fingerprint density at radius 2 is 1.78 bits per heavy atom. The van der Waals surface area contributed by atoms with Gasteiger partial charge in [0.05, 0.1) is 12.1 Å². The van der Waals surface area contributed by atoms with Crippen LogP contribution in [0.15, 0.2) is 60.7 Å². The topological polar surface area (TPSA) is 30.5 Å². The second-order valence-corrected chi connectivity index (χ2v) is 6.72. The lowest BCUT2D eigenvalue weighted by Crippen LogP contribution is -2.04. The van der Waals surface area contributed by atoms with E-state index in [0.29, 0.717) is 22.3 Å². The molecule has 0 bridgehead atoms. The number of anilines is 1. The average Bonchev–Trinajstić information content (AvgIpc) is 2.66. The first-order valence-electron chi connectivity index (χ1n) is 8.28. The highest BCUT2D eigenvalue weighted by Crippen LogP contribution is 2.33. The molecular formula is C21H18Cl2FNO2. The molecule has 0 radical (unpaired) electrons. The zero-order valence-electron chi connectivity index (χ0n) is 14.6. The lowest BCUT2D eigenvalue weighted by molar-refractivity contribution is 0.303. The Hall–Kier alpha value is -2.43. The van der Waals surface area contributed by atoms with Gasteiger partial charge in [-0.1, -0.05) is 35.3 Å². The van der Waals surface area contributed by atoms with Crippen molar-refractivity contribution >= 4 is 28.9 Å². The van der Waals surface area contributed by atoms with Gasteiger partial charge in [-0.25, -0.2) is 4.39 Å². The monoisotopic (exact) mass is 405 g/mol. The van der Waals surface area contributed by atoms with E-state index in [2.05, 4.69) is 5.32 Å². The van der Waals surface area contributed by atoms with Crippen molar-refractivity contribution in [2.24, 2.45) is 0 Å². The van der Waals surface area contributed by atoms with Crippen LogP contribution in [-0.4, -0.2) is 7.11 Å². The smallest absolute Gasteiger partial charge is 0.143 e. The van der Waals surface area contributed by atoms with Gasteiger partial charge in [0.25, 0.3) is 0 Å². The Kier molecular flexibility index (Phi) is 6.43. The molecule has 0 aliphatic heterocycles. The summed E-state index contributed by atoms with van der Waals surface area (Å²) in [6.07, 6.45) is 0. The summed E-state index contributed by atoms with van der Waals surface area (Å²) in [6, 6.07) is 17.2. The molecule has 1 N–H and O–H groups in total. The fourth-order valence-electron chi connectivity index (χ4n) is 2.60. The zero-order chi connectivity index (χ0) is 19.2. The van der Waals surface area contributed by atoms with E-state index in [1.807, 2.05) is 24.3 Å². The first-order valence-corrected chi connectivity index (χ1v) is 9.04. The van der Waals surface area contributed by atoms with Crippen molar-refractivity contribution in [2.75, 3.05) is 12.4 Å².